The lowest BCUT2D eigenvalue weighted by molar-refractivity contribution is -0.194. The molecule has 4 N–H and O–H groups in total. The van der Waals surface area contributed by atoms with Gasteiger partial charge < -0.3 is 33.3 Å². The maximum atomic E-state index is 13.4. The van der Waals surface area contributed by atoms with Crippen LogP contribution >= 0.6 is 8.53 Å². The fraction of sp³-hybridized carbons (Fsp3) is 0.400. The topological polar surface area (TPSA) is 181 Å². The number of H-pyrrole nitrogens is 1. The zero-order chi connectivity index (χ0) is 39.1. The van der Waals surface area contributed by atoms with E-state index in [2.05, 4.69) is 56.0 Å². The number of nitrogens with zero attached hydrogens (tertiary/aromatic N) is 5. The van der Waals surface area contributed by atoms with Crippen LogP contribution in [0.3, 0.4) is 0 Å². The number of imidazole rings is 1. The van der Waals surface area contributed by atoms with E-state index in [4.69, 9.17) is 23.3 Å². The van der Waals surface area contributed by atoms with E-state index >= 15 is 0 Å². The molecule has 7 rings (SSSR count). The summed E-state index contributed by atoms with van der Waals surface area (Å²) in [5.74, 6) is 0.718. The summed E-state index contributed by atoms with van der Waals surface area (Å²) in [5, 5.41) is 26.7. The first kappa shape index (κ1) is 39.6. The number of hydrazine groups is 1. The first-order chi connectivity index (χ1) is 27.3. The number of ether oxygens (including phenoxy) is 3. The molecule has 2 aromatic heterocycles. The molecule has 0 amide bonds. The molecule has 2 aliphatic heterocycles. The summed E-state index contributed by atoms with van der Waals surface area (Å²) in [6.07, 6.45) is 1.26. The minimum Gasteiger partial charge on any atom is -0.497 e. The highest BCUT2D eigenvalue weighted by molar-refractivity contribution is 7.44. The number of hydrogen-bond donors (Lipinski definition) is 4. The minimum absolute atomic E-state index is 0.103. The molecule has 0 radical (unpaired) electrons. The molecule has 5 aromatic rings. The highest BCUT2D eigenvalue weighted by atomic mass is 31.2. The van der Waals surface area contributed by atoms with Crippen molar-refractivity contribution in [2.75, 3.05) is 41.0 Å². The number of fused-ring (bicyclic) bond motifs is 1. The summed E-state index contributed by atoms with van der Waals surface area (Å²) in [5.41, 5.74) is 3.10. The van der Waals surface area contributed by atoms with Crippen molar-refractivity contribution in [3.63, 3.8) is 0 Å². The Bertz CT molecular complexity index is 2090. The van der Waals surface area contributed by atoms with Crippen molar-refractivity contribution in [1.29, 1.82) is 5.26 Å². The third kappa shape index (κ3) is 7.60. The Morgan fingerprint density at radius 2 is 1.77 bits per heavy atom. The van der Waals surface area contributed by atoms with E-state index in [0.717, 1.165) is 35.3 Å². The smallest absolute Gasteiger partial charge is 0.278 e. The number of aromatic amines is 1. The van der Waals surface area contributed by atoms with Crippen LogP contribution in [0.1, 0.15) is 48.6 Å². The van der Waals surface area contributed by atoms with Gasteiger partial charge in [-0.25, -0.2) is 9.97 Å². The molecule has 0 saturated carbocycles. The minimum atomic E-state index is -1.90. The van der Waals surface area contributed by atoms with E-state index in [1.54, 1.807) is 30.6 Å². The molecule has 4 heterocycles. The van der Waals surface area contributed by atoms with Gasteiger partial charge in [0, 0.05) is 20.2 Å². The molecule has 16 heteroatoms. The summed E-state index contributed by atoms with van der Waals surface area (Å²) in [6.45, 7) is 0.690. The molecule has 3 aromatic carbocycles. The Morgan fingerprint density at radius 1 is 1.07 bits per heavy atom. The van der Waals surface area contributed by atoms with Gasteiger partial charge in [-0.05, 0) is 55.1 Å². The molecule has 2 fully saturated rings. The Labute approximate surface area is 326 Å². The van der Waals surface area contributed by atoms with Gasteiger partial charge in [0.05, 0.1) is 50.5 Å². The third-order valence-corrected chi connectivity index (χ3v) is 12.0. The molecule has 294 valence electrons. The van der Waals surface area contributed by atoms with E-state index in [0.29, 0.717) is 13.0 Å². The van der Waals surface area contributed by atoms with Crippen molar-refractivity contribution in [2.45, 2.75) is 61.4 Å². The molecular weight excluding hydrogens is 735 g/mol. The van der Waals surface area contributed by atoms with Crippen LogP contribution in [-0.2, 0) is 24.1 Å². The second kappa shape index (κ2) is 17.7. The van der Waals surface area contributed by atoms with Gasteiger partial charge in [0.25, 0.3) is 14.1 Å². The summed E-state index contributed by atoms with van der Waals surface area (Å²) in [6, 6.07) is 30.3. The summed E-state index contributed by atoms with van der Waals surface area (Å²) in [7, 11) is 3.24. The van der Waals surface area contributed by atoms with Gasteiger partial charge >= 0.3 is 0 Å². The van der Waals surface area contributed by atoms with Crippen LogP contribution in [0.15, 0.2) is 102 Å². The molecule has 56 heavy (non-hydrogen) atoms. The molecular formula is C40H47N8O7P. The SMILES string of the molecule is CNN(C)P(OCCC#N)O[C@@H]1[C@@H](CNC(c2ccccc2)(c2ccccc2)c2ccc(OC)cc2)O[C@@H](n2cnc3c(=O)[nH]cnc32)[C@@]1(O)C1CCCCO1. The van der Waals surface area contributed by atoms with Crippen LogP contribution < -0.4 is 21.0 Å². The summed E-state index contributed by atoms with van der Waals surface area (Å²) in [4.78, 5) is 24.3. The fourth-order valence-corrected chi connectivity index (χ4v) is 8.96. The molecule has 15 nitrogen and oxygen atoms in total. The average Bonchev–Trinajstić information content (AvgIpc) is 3.81. The lowest BCUT2D eigenvalue weighted by Gasteiger charge is -2.43. The Kier molecular flexibility index (Phi) is 12.5. The zero-order valence-corrected chi connectivity index (χ0v) is 32.5. The van der Waals surface area contributed by atoms with Crippen LogP contribution in [0.5, 0.6) is 5.75 Å². The highest BCUT2D eigenvalue weighted by Gasteiger charge is 2.63. The van der Waals surface area contributed by atoms with Crippen molar-refractivity contribution in [1.82, 2.24) is 35.0 Å². The van der Waals surface area contributed by atoms with E-state index in [1.165, 1.54) is 12.7 Å². The van der Waals surface area contributed by atoms with E-state index < -0.39 is 49.8 Å². The first-order valence-corrected chi connectivity index (χ1v) is 19.8. The second-order valence-corrected chi connectivity index (χ2v) is 15.2. The third-order valence-electron chi connectivity index (χ3n) is 10.5. The standard InChI is InChI=1S/C40H47N8O7P/c1-42-47(2)56(53-24-12-22-41)55-35-32(54-38(40(35,50)33-17-10-11-23-52-33)48-27-45-34-36(48)43-26-44-37(34)49)25-46-39(28-13-6-4-7-14-28,29-15-8-5-9-16-29)30-18-20-31(51-3)21-19-30/h4-9,13-16,18-21,26-27,32-33,35,38,42,46,50H,10-12,17,23-25H2,1-3H3,(H,43,44,49)/t32-,33?,35-,38-,40-,56?/m1/s1. The number of benzene rings is 3. The van der Waals surface area contributed by atoms with Crippen LogP contribution in [0.2, 0.25) is 0 Å². The number of aliphatic hydroxyl groups is 1. The predicted octanol–water partition coefficient (Wildman–Crippen LogP) is 4.52. The Morgan fingerprint density at radius 3 is 2.39 bits per heavy atom. The summed E-state index contributed by atoms with van der Waals surface area (Å²) < 4.78 is 35.3. The number of methoxy groups -OCH3 is 1. The van der Waals surface area contributed by atoms with E-state index in [9.17, 15) is 15.2 Å². The summed E-state index contributed by atoms with van der Waals surface area (Å²) >= 11 is 0. The van der Waals surface area contributed by atoms with Gasteiger partial charge in [-0.15, -0.1) is 0 Å². The van der Waals surface area contributed by atoms with Crippen molar-refractivity contribution in [3.05, 3.63) is 125 Å². The number of rotatable bonds is 16. The van der Waals surface area contributed by atoms with Crippen LogP contribution in [-0.4, -0.2) is 94.3 Å². The van der Waals surface area contributed by atoms with Crippen LogP contribution in [0.25, 0.3) is 11.2 Å². The molecule has 2 unspecified atom stereocenters. The molecule has 6 atom stereocenters. The largest absolute Gasteiger partial charge is 0.497 e. The van der Waals surface area contributed by atoms with E-state index in [1.807, 2.05) is 60.7 Å². The number of nitrogens with one attached hydrogen (secondary N) is 3. The monoisotopic (exact) mass is 782 g/mol. The molecule has 0 aliphatic carbocycles. The lowest BCUT2D eigenvalue weighted by atomic mass is 9.76. The molecule has 0 bridgehead atoms. The van der Waals surface area contributed by atoms with E-state index in [-0.39, 0.29) is 30.7 Å². The van der Waals surface area contributed by atoms with Crippen molar-refractivity contribution >= 4 is 19.7 Å². The van der Waals surface area contributed by atoms with Gasteiger partial charge in [0.15, 0.2) is 23.0 Å². The number of aromatic nitrogens is 4. The highest BCUT2D eigenvalue weighted by Crippen LogP contribution is 2.53. The maximum absolute atomic E-state index is 13.4. The fourth-order valence-electron chi connectivity index (χ4n) is 7.68. The molecule has 2 saturated heterocycles. The molecule has 2 aliphatic rings. The quantitative estimate of drug-likeness (QED) is 0.0476. The van der Waals surface area contributed by atoms with Gasteiger partial charge in [-0.1, -0.05) is 72.8 Å². The lowest BCUT2D eigenvalue weighted by Crippen LogP contribution is -2.59. The Balaban J connectivity index is 1.38. The number of hydrogen-bond acceptors (Lipinski definition) is 13. The van der Waals surface area contributed by atoms with Crippen LogP contribution in [0, 0.1) is 11.3 Å². The second-order valence-electron chi connectivity index (χ2n) is 13.7. The average molecular weight is 783 g/mol. The van der Waals surface area contributed by atoms with Gasteiger partial charge in [0.1, 0.15) is 18.0 Å². The van der Waals surface area contributed by atoms with Gasteiger partial charge in [-0.2, -0.15) is 10.0 Å². The van der Waals surface area contributed by atoms with Gasteiger partial charge in [-0.3, -0.25) is 20.1 Å². The van der Waals surface area contributed by atoms with Gasteiger partial charge in [0.2, 0.25) is 0 Å². The number of nitriles is 1. The van der Waals surface area contributed by atoms with Crippen molar-refractivity contribution in [2.24, 2.45) is 0 Å². The van der Waals surface area contributed by atoms with Crippen LogP contribution in [0.4, 0.5) is 0 Å². The maximum Gasteiger partial charge on any atom is 0.278 e. The van der Waals surface area contributed by atoms with Crippen molar-refractivity contribution < 1.29 is 28.4 Å². The molecule has 0 spiro atoms. The van der Waals surface area contributed by atoms with Crippen molar-refractivity contribution in [3.8, 4) is 11.8 Å². The zero-order valence-electron chi connectivity index (χ0n) is 31.6. The normalized spacial score (nSPS) is 23.3. The predicted molar refractivity (Wildman–Crippen MR) is 209 cm³/mol. The first-order valence-electron chi connectivity index (χ1n) is 18.6. The Hall–Kier alpha value is -4.59.